The van der Waals surface area contributed by atoms with Gasteiger partial charge in [-0.15, -0.1) is 12.4 Å². The maximum atomic E-state index is 11.9. The molecule has 21 heavy (non-hydrogen) atoms. The summed E-state index contributed by atoms with van der Waals surface area (Å²) in [4.78, 5) is 15.9. The van der Waals surface area contributed by atoms with E-state index in [2.05, 4.69) is 22.5 Å². The number of carbonyl (C=O) groups excluding carboxylic acids is 1. The number of pyridine rings is 1. The lowest BCUT2D eigenvalue weighted by Gasteiger charge is -2.28. The van der Waals surface area contributed by atoms with Gasteiger partial charge in [0.1, 0.15) is 0 Å². The Labute approximate surface area is 133 Å². The van der Waals surface area contributed by atoms with Crippen molar-refractivity contribution in [1.29, 1.82) is 0 Å². The normalized spacial score (nSPS) is 19.4. The number of nitrogens with one attached hydrogen (secondary N) is 2. The van der Waals surface area contributed by atoms with Crippen molar-refractivity contribution in [3.8, 4) is 0 Å². The molecule has 5 heteroatoms. The van der Waals surface area contributed by atoms with Crippen molar-refractivity contribution in [1.82, 2.24) is 15.6 Å². The summed E-state index contributed by atoms with van der Waals surface area (Å²) in [5.74, 6) is 1.29. The van der Waals surface area contributed by atoms with Crippen LogP contribution in [-0.2, 0) is 11.2 Å². The van der Waals surface area contributed by atoms with Crippen molar-refractivity contribution >= 4 is 18.3 Å². The topological polar surface area (TPSA) is 54.0 Å². The summed E-state index contributed by atoms with van der Waals surface area (Å²) < 4.78 is 0. The van der Waals surface area contributed by atoms with Crippen LogP contribution >= 0.6 is 12.4 Å². The molecular weight excluding hydrogens is 286 g/mol. The van der Waals surface area contributed by atoms with Gasteiger partial charge in [0, 0.05) is 25.4 Å². The van der Waals surface area contributed by atoms with Crippen molar-refractivity contribution in [2.24, 2.45) is 11.8 Å². The van der Waals surface area contributed by atoms with E-state index in [9.17, 15) is 4.79 Å². The quantitative estimate of drug-likeness (QED) is 0.847. The van der Waals surface area contributed by atoms with Crippen LogP contribution in [0.3, 0.4) is 0 Å². The van der Waals surface area contributed by atoms with Gasteiger partial charge in [0.25, 0.3) is 0 Å². The molecular formula is C16H26ClN3O. The SMILES string of the molecule is CC(CC(=O)NCCc1ccncc1)C1CCCNC1.Cl. The Balaban J connectivity index is 0.00000220. The molecule has 4 nitrogen and oxygen atoms in total. The first-order valence-corrected chi connectivity index (χ1v) is 7.62. The molecule has 0 bridgehead atoms. The van der Waals surface area contributed by atoms with Crippen molar-refractivity contribution in [2.45, 2.75) is 32.6 Å². The van der Waals surface area contributed by atoms with Crippen molar-refractivity contribution in [3.63, 3.8) is 0 Å². The Morgan fingerprint density at radius 2 is 2.24 bits per heavy atom. The fourth-order valence-corrected chi connectivity index (χ4v) is 2.79. The second-order valence-electron chi connectivity index (χ2n) is 5.74. The molecule has 2 unspecified atom stereocenters. The molecule has 1 aromatic rings. The van der Waals surface area contributed by atoms with E-state index in [-0.39, 0.29) is 18.3 Å². The summed E-state index contributed by atoms with van der Waals surface area (Å²) in [5.41, 5.74) is 1.21. The summed E-state index contributed by atoms with van der Waals surface area (Å²) in [6.07, 6.45) is 7.57. The van der Waals surface area contributed by atoms with Gasteiger partial charge >= 0.3 is 0 Å². The zero-order chi connectivity index (χ0) is 14.2. The van der Waals surface area contributed by atoms with Crippen LogP contribution in [0, 0.1) is 11.8 Å². The molecule has 1 aromatic heterocycles. The fourth-order valence-electron chi connectivity index (χ4n) is 2.79. The van der Waals surface area contributed by atoms with Gasteiger partial charge in [-0.3, -0.25) is 9.78 Å². The van der Waals surface area contributed by atoms with Gasteiger partial charge in [-0.25, -0.2) is 0 Å². The molecule has 1 amide bonds. The van der Waals surface area contributed by atoms with E-state index in [0.717, 1.165) is 19.5 Å². The third-order valence-corrected chi connectivity index (χ3v) is 4.13. The number of halogens is 1. The minimum Gasteiger partial charge on any atom is -0.356 e. The van der Waals surface area contributed by atoms with Crippen LogP contribution in [0.1, 0.15) is 31.7 Å². The van der Waals surface area contributed by atoms with Crippen LogP contribution in [0.2, 0.25) is 0 Å². The maximum Gasteiger partial charge on any atom is 0.220 e. The van der Waals surface area contributed by atoms with Gasteiger partial charge in [0.2, 0.25) is 5.91 Å². The lowest BCUT2D eigenvalue weighted by atomic mass is 9.85. The summed E-state index contributed by atoms with van der Waals surface area (Å²) in [6, 6.07) is 3.98. The number of hydrogen-bond acceptors (Lipinski definition) is 3. The first kappa shape index (κ1) is 17.9. The molecule has 1 aliphatic heterocycles. The molecule has 2 rings (SSSR count). The first-order chi connectivity index (χ1) is 9.75. The van der Waals surface area contributed by atoms with Crippen LogP contribution in [0.5, 0.6) is 0 Å². The standard InChI is InChI=1S/C16H25N3O.ClH/c1-13(15-3-2-7-18-12-15)11-16(20)19-10-6-14-4-8-17-9-5-14;/h4-5,8-9,13,15,18H,2-3,6-7,10-12H2,1H3,(H,19,20);1H. The first-order valence-electron chi connectivity index (χ1n) is 7.62. The average Bonchev–Trinajstić information content (AvgIpc) is 2.49. The van der Waals surface area contributed by atoms with E-state index < -0.39 is 0 Å². The van der Waals surface area contributed by atoms with E-state index in [1.165, 1.54) is 18.4 Å². The molecule has 1 saturated heterocycles. The highest BCUT2D eigenvalue weighted by molar-refractivity contribution is 5.85. The maximum absolute atomic E-state index is 11.9. The molecule has 2 N–H and O–H groups in total. The van der Waals surface area contributed by atoms with Gasteiger partial charge in [0.15, 0.2) is 0 Å². The molecule has 118 valence electrons. The Bertz CT molecular complexity index is 407. The highest BCUT2D eigenvalue weighted by Gasteiger charge is 2.21. The van der Waals surface area contributed by atoms with Crippen molar-refractivity contribution < 1.29 is 4.79 Å². The molecule has 1 fully saturated rings. The third kappa shape index (κ3) is 6.44. The van der Waals surface area contributed by atoms with Crippen LogP contribution in [-0.4, -0.2) is 30.5 Å². The van der Waals surface area contributed by atoms with E-state index in [1.807, 2.05) is 12.1 Å². The lowest BCUT2D eigenvalue weighted by Crippen LogP contribution is -2.36. The van der Waals surface area contributed by atoms with Crippen molar-refractivity contribution in [2.75, 3.05) is 19.6 Å². The molecule has 0 radical (unpaired) electrons. The number of nitrogens with zero attached hydrogens (tertiary/aromatic N) is 1. The third-order valence-electron chi connectivity index (χ3n) is 4.13. The summed E-state index contributed by atoms with van der Waals surface area (Å²) >= 11 is 0. The number of piperidine rings is 1. The molecule has 0 spiro atoms. The second kappa shape index (κ2) is 9.74. The van der Waals surface area contributed by atoms with Gasteiger partial charge < -0.3 is 10.6 Å². The number of carbonyl (C=O) groups is 1. The van der Waals surface area contributed by atoms with Gasteiger partial charge in [-0.05, 0) is 61.9 Å². The zero-order valence-electron chi connectivity index (χ0n) is 12.7. The molecule has 0 saturated carbocycles. The van der Waals surface area contributed by atoms with E-state index in [4.69, 9.17) is 0 Å². The van der Waals surface area contributed by atoms with Crippen LogP contribution in [0.15, 0.2) is 24.5 Å². The van der Waals surface area contributed by atoms with Crippen LogP contribution in [0.25, 0.3) is 0 Å². The summed E-state index contributed by atoms with van der Waals surface area (Å²) in [7, 11) is 0. The highest BCUT2D eigenvalue weighted by Crippen LogP contribution is 2.22. The predicted octanol–water partition coefficient (Wildman–Crippen LogP) is 2.19. The predicted molar refractivity (Wildman–Crippen MR) is 87.6 cm³/mol. The Kier molecular flexibility index (Phi) is 8.31. The van der Waals surface area contributed by atoms with Crippen LogP contribution < -0.4 is 10.6 Å². The molecule has 2 atom stereocenters. The van der Waals surface area contributed by atoms with Crippen molar-refractivity contribution in [3.05, 3.63) is 30.1 Å². The van der Waals surface area contributed by atoms with E-state index >= 15 is 0 Å². The molecule has 0 aliphatic carbocycles. The number of hydrogen-bond donors (Lipinski definition) is 2. The Hall–Kier alpha value is -1.13. The molecule has 1 aliphatic rings. The van der Waals surface area contributed by atoms with E-state index in [1.54, 1.807) is 12.4 Å². The highest BCUT2D eigenvalue weighted by atomic mass is 35.5. The smallest absolute Gasteiger partial charge is 0.220 e. The minimum absolute atomic E-state index is 0. The fraction of sp³-hybridized carbons (Fsp3) is 0.625. The number of aromatic nitrogens is 1. The van der Waals surface area contributed by atoms with Gasteiger partial charge in [-0.1, -0.05) is 6.92 Å². The van der Waals surface area contributed by atoms with Crippen LogP contribution in [0.4, 0.5) is 0 Å². The van der Waals surface area contributed by atoms with Gasteiger partial charge in [0.05, 0.1) is 0 Å². The summed E-state index contributed by atoms with van der Waals surface area (Å²) in [5, 5.41) is 6.44. The zero-order valence-corrected chi connectivity index (χ0v) is 13.5. The van der Waals surface area contributed by atoms with E-state index in [0.29, 0.717) is 24.8 Å². The number of rotatable bonds is 6. The van der Waals surface area contributed by atoms with Gasteiger partial charge in [-0.2, -0.15) is 0 Å². The Morgan fingerprint density at radius 3 is 2.90 bits per heavy atom. The average molecular weight is 312 g/mol. The molecule has 0 aromatic carbocycles. The minimum atomic E-state index is 0. The summed E-state index contributed by atoms with van der Waals surface area (Å²) in [6.45, 7) is 5.09. The number of amides is 1. The molecule has 2 heterocycles. The Morgan fingerprint density at radius 1 is 1.48 bits per heavy atom. The lowest BCUT2D eigenvalue weighted by molar-refractivity contribution is -0.122. The largest absolute Gasteiger partial charge is 0.356 e. The monoisotopic (exact) mass is 311 g/mol. The second-order valence-corrected chi connectivity index (χ2v) is 5.74.